The van der Waals surface area contributed by atoms with E-state index in [4.69, 9.17) is 0 Å². The summed E-state index contributed by atoms with van der Waals surface area (Å²) >= 11 is 5.53. The van der Waals surface area contributed by atoms with Crippen molar-refractivity contribution in [3.63, 3.8) is 0 Å². The molecule has 0 bridgehead atoms. The monoisotopic (exact) mass is 328 g/mol. The molecule has 0 saturated heterocycles. The number of fused-ring (bicyclic) bond motifs is 3. The Morgan fingerprint density at radius 1 is 1.16 bits per heavy atom. The first-order chi connectivity index (χ1) is 9.27. The first-order valence-corrected chi connectivity index (χ1v) is 7.78. The van der Waals surface area contributed by atoms with Crippen molar-refractivity contribution in [2.45, 2.75) is 6.42 Å². The molecule has 0 unspecified atom stereocenters. The van der Waals surface area contributed by atoms with Gasteiger partial charge < -0.3 is 0 Å². The lowest BCUT2D eigenvalue weighted by atomic mass is 10.0. The Hall–Kier alpha value is -1.38. The highest BCUT2D eigenvalue weighted by atomic mass is 79.9. The third-order valence-electron chi connectivity index (χ3n) is 3.11. The van der Waals surface area contributed by atoms with Gasteiger partial charge in [0, 0.05) is 25.0 Å². The molecule has 1 aromatic carbocycles. The zero-order valence-electron chi connectivity index (χ0n) is 10.4. The lowest BCUT2D eigenvalue weighted by Crippen LogP contribution is -1.83. The molecule has 0 atom stereocenters. The fourth-order valence-corrected chi connectivity index (χ4v) is 4.01. The molecule has 0 saturated carbocycles. The van der Waals surface area contributed by atoms with E-state index < -0.39 is 0 Å². The highest BCUT2D eigenvalue weighted by molar-refractivity contribution is 9.15. The van der Waals surface area contributed by atoms with E-state index in [1.807, 2.05) is 11.3 Å². The highest BCUT2D eigenvalue weighted by Crippen LogP contribution is 2.41. The Labute approximate surface area is 125 Å². The number of allylic oxidation sites excluding steroid dienone is 6. The number of halogens is 1. The van der Waals surface area contributed by atoms with E-state index in [-0.39, 0.29) is 0 Å². The molecule has 0 amide bonds. The average Bonchev–Trinajstić information content (AvgIpc) is 2.81. The Bertz CT molecular complexity index is 729. The average molecular weight is 329 g/mol. The van der Waals surface area contributed by atoms with E-state index in [2.05, 4.69) is 77.2 Å². The second-order valence-corrected chi connectivity index (χ2v) is 6.31. The van der Waals surface area contributed by atoms with Crippen molar-refractivity contribution in [2.24, 2.45) is 0 Å². The summed E-state index contributed by atoms with van der Waals surface area (Å²) in [6, 6.07) is 8.51. The highest BCUT2D eigenvalue weighted by Gasteiger charge is 2.15. The maximum Gasteiger partial charge on any atom is 0.0500 e. The Kier molecular flexibility index (Phi) is 3.54. The van der Waals surface area contributed by atoms with E-state index in [9.17, 15) is 0 Å². The summed E-state index contributed by atoms with van der Waals surface area (Å²) in [5, 5.41) is 1.28. The van der Waals surface area contributed by atoms with Crippen LogP contribution in [0.2, 0.25) is 0 Å². The van der Waals surface area contributed by atoms with Crippen LogP contribution in [0.15, 0.2) is 61.2 Å². The predicted molar refractivity (Wildman–Crippen MR) is 90.7 cm³/mol. The topological polar surface area (TPSA) is 0 Å². The summed E-state index contributed by atoms with van der Waals surface area (Å²) in [6.45, 7) is 4.22. The van der Waals surface area contributed by atoms with Crippen molar-refractivity contribution in [2.75, 3.05) is 0 Å². The largest absolute Gasteiger partial charge is 0.134 e. The molecule has 0 nitrogen and oxygen atoms in total. The quantitative estimate of drug-likeness (QED) is 0.542. The third-order valence-corrected chi connectivity index (χ3v) is 5.30. The molecular formula is C17H13BrS. The predicted octanol–water partition coefficient (Wildman–Crippen LogP) is 6.17. The lowest BCUT2D eigenvalue weighted by Gasteiger charge is -2.05. The minimum Gasteiger partial charge on any atom is -0.134 e. The van der Waals surface area contributed by atoms with Crippen LogP contribution in [-0.4, -0.2) is 0 Å². The number of benzene rings is 1. The van der Waals surface area contributed by atoms with E-state index in [0.29, 0.717) is 0 Å². The first-order valence-electron chi connectivity index (χ1n) is 6.17. The van der Waals surface area contributed by atoms with Crippen LogP contribution in [0.3, 0.4) is 0 Å². The zero-order chi connectivity index (χ0) is 13.2. The summed E-state index contributed by atoms with van der Waals surface area (Å²) < 4.78 is 2.46. The van der Waals surface area contributed by atoms with E-state index >= 15 is 0 Å². The van der Waals surface area contributed by atoms with E-state index in [1.165, 1.54) is 20.5 Å². The molecular weight excluding hydrogens is 316 g/mol. The molecule has 1 aliphatic carbocycles. The molecule has 1 aliphatic rings. The van der Waals surface area contributed by atoms with Gasteiger partial charge >= 0.3 is 0 Å². The summed E-state index contributed by atoms with van der Waals surface area (Å²) in [5.74, 6) is 0. The van der Waals surface area contributed by atoms with Crippen molar-refractivity contribution in [1.82, 2.24) is 0 Å². The van der Waals surface area contributed by atoms with Crippen LogP contribution in [0, 0.1) is 0 Å². The van der Waals surface area contributed by atoms with Crippen molar-refractivity contribution < 1.29 is 0 Å². The molecule has 2 heteroatoms. The summed E-state index contributed by atoms with van der Waals surface area (Å²) in [7, 11) is 0. The van der Waals surface area contributed by atoms with Crippen LogP contribution in [0.25, 0.3) is 20.1 Å². The molecule has 0 spiro atoms. The maximum absolute atomic E-state index is 4.22. The SMILES string of the molecule is C=C1/C=C\C=C/C/C=C(/Br)c2sc3ccccc3c21. The van der Waals surface area contributed by atoms with Gasteiger partial charge in [-0.3, -0.25) is 0 Å². The van der Waals surface area contributed by atoms with Gasteiger partial charge in [0.05, 0.1) is 0 Å². The van der Waals surface area contributed by atoms with Crippen LogP contribution in [0.4, 0.5) is 0 Å². The van der Waals surface area contributed by atoms with Crippen LogP contribution in [0.1, 0.15) is 16.9 Å². The van der Waals surface area contributed by atoms with Gasteiger partial charge in [-0.2, -0.15) is 0 Å². The third kappa shape index (κ3) is 2.38. The van der Waals surface area contributed by atoms with Crippen LogP contribution >= 0.6 is 27.3 Å². The molecule has 0 aliphatic heterocycles. The molecule has 0 radical (unpaired) electrons. The number of hydrogen-bond donors (Lipinski definition) is 0. The molecule has 0 N–H and O–H groups in total. The molecule has 1 heterocycles. The first kappa shape index (κ1) is 12.6. The van der Waals surface area contributed by atoms with Gasteiger partial charge in [-0.05, 0) is 34.0 Å². The normalized spacial score (nSPS) is 21.5. The number of hydrogen-bond acceptors (Lipinski definition) is 1. The zero-order valence-corrected chi connectivity index (χ0v) is 12.8. The van der Waals surface area contributed by atoms with Gasteiger partial charge in [0.2, 0.25) is 0 Å². The minimum absolute atomic E-state index is 0.936. The Balaban J connectivity index is 2.32. The van der Waals surface area contributed by atoms with Gasteiger partial charge in [-0.25, -0.2) is 0 Å². The fourth-order valence-electron chi connectivity index (χ4n) is 2.21. The minimum atomic E-state index is 0.936. The van der Waals surface area contributed by atoms with Gasteiger partial charge in [-0.15, -0.1) is 11.3 Å². The van der Waals surface area contributed by atoms with Crippen molar-refractivity contribution in [1.29, 1.82) is 0 Å². The van der Waals surface area contributed by atoms with Crippen molar-refractivity contribution >= 4 is 47.4 Å². The summed E-state index contributed by atoms with van der Waals surface area (Å²) in [4.78, 5) is 1.27. The second kappa shape index (κ2) is 5.32. The second-order valence-electron chi connectivity index (χ2n) is 4.40. The molecule has 2 aromatic rings. The van der Waals surface area contributed by atoms with Gasteiger partial charge in [0.25, 0.3) is 0 Å². The summed E-state index contributed by atoms with van der Waals surface area (Å²) in [6.07, 6.45) is 11.5. The lowest BCUT2D eigenvalue weighted by molar-refractivity contribution is 1.41. The van der Waals surface area contributed by atoms with Gasteiger partial charge in [0.15, 0.2) is 0 Å². The van der Waals surface area contributed by atoms with E-state index in [0.717, 1.165) is 16.5 Å². The van der Waals surface area contributed by atoms with Gasteiger partial charge in [-0.1, -0.05) is 55.2 Å². The standard InChI is InChI=1S/C17H13BrS/c1-12-8-4-2-3-5-10-14(18)17-16(12)13-9-6-7-11-15(13)19-17/h2-4,6-11H,1,5H2/b3-2-,8-4-,14-10+. The van der Waals surface area contributed by atoms with Crippen LogP contribution in [-0.2, 0) is 0 Å². The molecule has 19 heavy (non-hydrogen) atoms. The van der Waals surface area contributed by atoms with Crippen molar-refractivity contribution in [3.05, 3.63) is 71.7 Å². The number of rotatable bonds is 0. The van der Waals surface area contributed by atoms with Crippen LogP contribution < -0.4 is 0 Å². The molecule has 94 valence electrons. The Morgan fingerprint density at radius 2 is 2.00 bits per heavy atom. The molecule has 0 fully saturated rings. The van der Waals surface area contributed by atoms with Crippen molar-refractivity contribution in [3.8, 4) is 0 Å². The fraction of sp³-hybridized carbons (Fsp3) is 0.0588. The van der Waals surface area contributed by atoms with E-state index in [1.54, 1.807) is 0 Å². The number of thiophene rings is 1. The van der Waals surface area contributed by atoms with Gasteiger partial charge in [0.1, 0.15) is 0 Å². The molecule has 3 rings (SSSR count). The maximum atomic E-state index is 4.22. The molecule has 1 aromatic heterocycles. The summed E-state index contributed by atoms with van der Waals surface area (Å²) in [5.41, 5.74) is 2.31. The Morgan fingerprint density at radius 3 is 2.89 bits per heavy atom. The van der Waals surface area contributed by atoms with Crippen LogP contribution in [0.5, 0.6) is 0 Å². The smallest absolute Gasteiger partial charge is 0.0500 e.